The average Bonchev–Trinajstić information content (AvgIpc) is 3.05. The van der Waals surface area contributed by atoms with Gasteiger partial charge in [-0.15, -0.1) is 0 Å². The molecule has 16 heavy (non-hydrogen) atoms. The van der Waals surface area contributed by atoms with Crippen LogP contribution in [0.1, 0.15) is 38.7 Å². The minimum Gasteiger partial charge on any atom is -0.311 e. The van der Waals surface area contributed by atoms with Crippen LogP contribution in [0.3, 0.4) is 0 Å². The molecule has 0 saturated heterocycles. The van der Waals surface area contributed by atoms with Gasteiger partial charge in [0.25, 0.3) is 0 Å². The standard InChI is InChI=1S/C15H23N/c1-3-14(4-2)16-15-11-13(15)10-12-8-6-5-7-9-12/h5-9,13-16H,3-4,10-11H2,1-2H3. The van der Waals surface area contributed by atoms with Crippen molar-refractivity contribution in [2.24, 2.45) is 5.92 Å². The lowest BCUT2D eigenvalue weighted by Gasteiger charge is -2.14. The summed E-state index contributed by atoms with van der Waals surface area (Å²) in [6.45, 7) is 4.55. The minimum atomic E-state index is 0.728. The van der Waals surface area contributed by atoms with Crippen LogP contribution in [0.5, 0.6) is 0 Å². The van der Waals surface area contributed by atoms with Crippen molar-refractivity contribution in [3.05, 3.63) is 35.9 Å². The first-order chi connectivity index (χ1) is 7.83. The Hall–Kier alpha value is -0.820. The Labute approximate surface area is 99.3 Å². The molecule has 2 rings (SSSR count). The molecule has 2 atom stereocenters. The van der Waals surface area contributed by atoms with Gasteiger partial charge in [-0.2, -0.15) is 0 Å². The second kappa shape index (κ2) is 5.49. The van der Waals surface area contributed by atoms with E-state index in [9.17, 15) is 0 Å². The molecule has 88 valence electrons. The fourth-order valence-corrected chi connectivity index (χ4v) is 2.42. The van der Waals surface area contributed by atoms with E-state index in [4.69, 9.17) is 0 Å². The summed E-state index contributed by atoms with van der Waals surface area (Å²) in [6, 6.07) is 12.4. The van der Waals surface area contributed by atoms with E-state index in [0.717, 1.165) is 18.0 Å². The van der Waals surface area contributed by atoms with E-state index in [1.807, 2.05) is 0 Å². The van der Waals surface area contributed by atoms with E-state index in [0.29, 0.717) is 0 Å². The van der Waals surface area contributed by atoms with Gasteiger partial charge in [0.15, 0.2) is 0 Å². The summed E-state index contributed by atoms with van der Waals surface area (Å²) in [7, 11) is 0. The van der Waals surface area contributed by atoms with Crippen molar-refractivity contribution in [2.75, 3.05) is 0 Å². The van der Waals surface area contributed by atoms with Gasteiger partial charge in [0, 0.05) is 12.1 Å². The Bertz CT molecular complexity index is 302. The van der Waals surface area contributed by atoms with Gasteiger partial charge in [0.2, 0.25) is 0 Å². The summed E-state index contributed by atoms with van der Waals surface area (Å²) in [5.74, 6) is 0.878. The average molecular weight is 217 g/mol. The highest BCUT2D eigenvalue weighted by Crippen LogP contribution is 2.34. The third-order valence-electron chi connectivity index (χ3n) is 3.70. The predicted molar refractivity (Wildman–Crippen MR) is 69.5 cm³/mol. The van der Waals surface area contributed by atoms with Crippen LogP contribution in [-0.2, 0) is 6.42 Å². The molecule has 0 heterocycles. The smallest absolute Gasteiger partial charge is 0.0105 e. The molecule has 1 aromatic carbocycles. The summed E-state index contributed by atoms with van der Waals surface area (Å²) in [5, 5.41) is 3.76. The molecule has 1 N–H and O–H groups in total. The van der Waals surface area contributed by atoms with E-state index >= 15 is 0 Å². The van der Waals surface area contributed by atoms with Gasteiger partial charge in [-0.3, -0.25) is 0 Å². The van der Waals surface area contributed by atoms with Crippen molar-refractivity contribution in [3.63, 3.8) is 0 Å². The van der Waals surface area contributed by atoms with Crippen molar-refractivity contribution >= 4 is 0 Å². The largest absolute Gasteiger partial charge is 0.311 e. The molecular formula is C15H23N. The lowest BCUT2D eigenvalue weighted by atomic mass is 10.1. The Balaban J connectivity index is 1.75. The first kappa shape index (κ1) is 11.7. The van der Waals surface area contributed by atoms with Crippen molar-refractivity contribution in [1.82, 2.24) is 5.32 Å². The van der Waals surface area contributed by atoms with Gasteiger partial charge in [0.05, 0.1) is 0 Å². The quantitative estimate of drug-likeness (QED) is 0.770. The summed E-state index contributed by atoms with van der Waals surface area (Å²) in [4.78, 5) is 0. The van der Waals surface area contributed by atoms with Crippen molar-refractivity contribution in [3.8, 4) is 0 Å². The third kappa shape index (κ3) is 3.08. The topological polar surface area (TPSA) is 12.0 Å². The summed E-state index contributed by atoms with van der Waals surface area (Å²) < 4.78 is 0. The fourth-order valence-electron chi connectivity index (χ4n) is 2.42. The van der Waals surface area contributed by atoms with Crippen molar-refractivity contribution in [2.45, 2.75) is 51.6 Å². The molecule has 1 nitrogen and oxygen atoms in total. The van der Waals surface area contributed by atoms with Gasteiger partial charge in [-0.05, 0) is 37.2 Å². The molecule has 2 unspecified atom stereocenters. The third-order valence-corrected chi connectivity index (χ3v) is 3.70. The molecule has 0 aliphatic heterocycles. The molecule has 1 saturated carbocycles. The highest BCUT2D eigenvalue weighted by molar-refractivity contribution is 5.17. The van der Waals surface area contributed by atoms with Crippen LogP contribution in [0.15, 0.2) is 30.3 Å². The van der Waals surface area contributed by atoms with Gasteiger partial charge in [-0.1, -0.05) is 44.2 Å². The molecule has 0 amide bonds. The van der Waals surface area contributed by atoms with E-state index in [1.54, 1.807) is 0 Å². The zero-order chi connectivity index (χ0) is 11.4. The van der Waals surface area contributed by atoms with Crippen molar-refractivity contribution < 1.29 is 0 Å². The fraction of sp³-hybridized carbons (Fsp3) is 0.600. The Morgan fingerprint density at radius 2 is 1.88 bits per heavy atom. The first-order valence-corrected chi connectivity index (χ1v) is 6.63. The molecule has 1 heteroatoms. The van der Waals surface area contributed by atoms with Crippen molar-refractivity contribution in [1.29, 1.82) is 0 Å². The molecule has 1 aromatic rings. The van der Waals surface area contributed by atoms with E-state index in [-0.39, 0.29) is 0 Å². The maximum Gasteiger partial charge on any atom is 0.0105 e. The zero-order valence-corrected chi connectivity index (χ0v) is 10.4. The van der Waals surface area contributed by atoms with Crippen LogP contribution in [0, 0.1) is 5.92 Å². The summed E-state index contributed by atoms with van der Waals surface area (Å²) >= 11 is 0. The molecule has 0 spiro atoms. The Kier molecular flexibility index (Phi) is 4.00. The maximum atomic E-state index is 3.76. The van der Waals surface area contributed by atoms with Gasteiger partial charge in [0.1, 0.15) is 0 Å². The monoisotopic (exact) mass is 217 g/mol. The Morgan fingerprint density at radius 3 is 2.50 bits per heavy atom. The number of benzene rings is 1. The number of rotatable bonds is 6. The van der Waals surface area contributed by atoms with Crippen LogP contribution in [0.4, 0.5) is 0 Å². The number of hydrogen-bond acceptors (Lipinski definition) is 1. The molecule has 1 aliphatic rings. The predicted octanol–water partition coefficient (Wildman–Crippen LogP) is 3.40. The second-order valence-electron chi connectivity index (χ2n) is 4.97. The van der Waals surface area contributed by atoms with Crippen LogP contribution in [0.25, 0.3) is 0 Å². The second-order valence-corrected chi connectivity index (χ2v) is 4.97. The lowest BCUT2D eigenvalue weighted by Crippen LogP contribution is -2.30. The summed E-state index contributed by atoms with van der Waals surface area (Å²) in [5.41, 5.74) is 1.49. The highest BCUT2D eigenvalue weighted by atomic mass is 15.0. The van der Waals surface area contributed by atoms with Crippen LogP contribution < -0.4 is 5.32 Å². The highest BCUT2D eigenvalue weighted by Gasteiger charge is 2.37. The molecule has 1 fully saturated rings. The number of nitrogens with one attached hydrogen (secondary N) is 1. The summed E-state index contributed by atoms with van der Waals surface area (Å²) in [6.07, 6.45) is 5.13. The van der Waals surface area contributed by atoms with Gasteiger partial charge in [-0.25, -0.2) is 0 Å². The number of hydrogen-bond donors (Lipinski definition) is 1. The minimum absolute atomic E-state index is 0.728. The SMILES string of the molecule is CCC(CC)NC1CC1Cc1ccccc1. The normalized spacial score (nSPS) is 23.7. The molecular weight excluding hydrogens is 194 g/mol. The molecule has 0 bridgehead atoms. The lowest BCUT2D eigenvalue weighted by molar-refractivity contribution is 0.467. The zero-order valence-electron chi connectivity index (χ0n) is 10.4. The first-order valence-electron chi connectivity index (χ1n) is 6.63. The molecule has 0 radical (unpaired) electrons. The Morgan fingerprint density at radius 1 is 1.19 bits per heavy atom. The van der Waals surface area contributed by atoms with E-state index in [1.165, 1.54) is 31.2 Å². The van der Waals surface area contributed by atoms with Crippen LogP contribution in [-0.4, -0.2) is 12.1 Å². The molecule has 0 aromatic heterocycles. The maximum absolute atomic E-state index is 3.76. The van der Waals surface area contributed by atoms with Gasteiger partial charge < -0.3 is 5.32 Å². The van der Waals surface area contributed by atoms with Crippen LogP contribution >= 0.6 is 0 Å². The van der Waals surface area contributed by atoms with E-state index in [2.05, 4.69) is 49.5 Å². The van der Waals surface area contributed by atoms with Crippen LogP contribution in [0.2, 0.25) is 0 Å². The van der Waals surface area contributed by atoms with E-state index < -0.39 is 0 Å². The molecule has 1 aliphatic carbocycles. The van der Waals surface area contributed by atoms with Gasteiger partial charge >= 0.3 is 0 Å².